The molecule has 0 radical (unpaired) electrons. The topological polar surface area (TPSA) is 76.1 Å². The van der Waals surface area contributed by atoms with Gasteiger partial charge in [0, 0.05) is 12.0 Å². The smallest absolute Gasteiger partial charge is 0.326 e. The van der Waals surface area contributed by atoms with Crippen molar-refractivity contribution in [2.45, 2.75) is 56.5 Å². The number of carboxylic acids is 1. The molecule has 3 fully saturated rings. The van der Waals surface area contributed by atoms with E-state index in [0.717, 1.165) is 49.2 Å². The Hall–Kier alpha value is -2.24. The van der Waals surface area contributed by atoms with Crippen molar-refractivity contribution in [3.63, 3.8) is 0 Å². The lowest BCUT2D eigenvalue weighted by atomic mass is 9.84. The highest BCUT2D eigenvalue weighted by Gasteiger charge is 2.54. The number of ether oxygens (including phenoxy) is 2. The minimum absolute atomic E-state index is 0.0386. The van der Waals surface area contributed by atoms with Gasteiger partial charge in [0.05, 0.1) is 0 Å². The van der Waals surface area contributed by atoms with Crippen molar-refractivity contribution >= 4 is 11.9 Å². The fourth-order valence-corrected chi connectivity index (χ4v) is 5.32. The molecule has 5 atom stereocenters. The zero-order chi connectivity index (χ0) is 18.5. The summed E-state index contributed by atoms with van der Waals surface area (Å²) in [7, 11) is 0. The standard InChI is InChI=1S/C21H25NO5/c23-20(22-16-4-2-1-3-13(16)9-17(22)21(24)25)15-11-14(15)12-5-6-18-19(10-12)27-8-7-26-18/h5-6,10,13-17H,1-4,7-9,11H2,(H,24,25). The average molecular weight is 371 g/mol. The summed E-state index contributed by atoms with van der Waals surface area (Å²) in [6.45, 7) is 1.10. The van der Waals surface area contributed by atoms with Crippen LogP contribution in [-0.4, -0.2) is 47.2 Å². The van der Waals surface area contributed by atoms with E-state index in [4.69, 9.17) is 9.47 Å². The molecule has 2 heterocycles. The Balaban J connectivity index is 1.34. The summed E-state index contributed by atoms with van der Waals surface area (Å²) >= 11 is 0. The second-order valence-electron chi connectivity index (χ2n) is 8.30. The van der Waals surface area contributed by atoms with Gasteiger partial charge in [-0.3, -0.25) is 4.79 Å². The van der Waals surface area contributed by atoms with Gasteiger partial charge in [-0.05, 0) is 55.2 Å². The summed E-state index contributed by atoms with van der Waals surface area (Å²) in [5.74, 6) is 1.10. The quantitative estimate of drug-likeness (QED) is 0.884. The number of likely N-dealkylation sites (tertiary alicyclic amines) is 1. The number of carbonyl (C=O) groups is 2. The summed E-state index contributed by atoms with van der Waals surface area (Å²) in [5, 5.41) is 9.67. The first-order chi connectivity index (χ1) is 13.1. The number of carbonyl (C=O) groups excluding carboxylic acids is 1. The van der Waals surface area contributed by atoms with E-state index in [2.05, 4.69) is 0 Å². The normalized spacial score (nSPS) is 34.1. The second-order valence-corrected chi connectivity index (χ2v) is 8.30. The highest BCUT2D eigenvalue weighted by atomic mass is 16.6. The summed E-state index contributed by atoms with van der Waals surface area (Å²) in [6, 6.07) is 5.37. The van der Waals surface area contributed by atoms with Gasteiger partial charge in [-0.1, -0.05) is 18.9 Å². The molecule has 1 aromatic rings. The van der Waals surface area contributed by atoms with Crippen LogP contribution in [0.5, 0.6) is 11.5 Å². The first kappa shape index (κ1) is 16.9. The van der Waals surface area contributed by atoms with Gasteiger partial charge in [-0.2, -0.15) is 0 Å². The molecule has 6 heteroatoms. The van der Waals surface area contributed by atoms with Crippen LogP contribution in [0.4, 0.5) is 0 Å². The predicted octanol–water partition coefficient (Wildman–Crippen LogP) is 2.81. The Morgan fingerprint density at radius 3 is 2.63 bits per heavy atom. The second kappa shape index (κ2) is 6.43. The zero-order valence-electron chi connectivity index (χ0n) is 15.3. The van der Waals surface area contributed by atoms with Crippen molar-refractivity contribution in [1.29, 1.82) is 0 Å². The van der Waals surface area contributed by atoms with E-state index in [1.165, 1.54) is 0 Å². The lowest BCUT2D eigenvalue weighted by molar-refractivity contribution is -0.150. The molecule has 27 heavy (non-hydrogen) atoms. The van der Waals surface area contributed by atoms with E-state index in [0.29, 0.717) is 25.6 Å². The molecule has 144 valence electrons. The van der Waals surface area contributed by atoms with Crippen LogP contribution in [0.1, 0.15) is 50.0 Å². The van der Waals surface area contributed by atoms with Crippen LogP contribution >= 0.6 is 0 Å². The van der Waals surface area contributed by atoms with Gasteiger partial charge < -0.3 is 19.5 Å². The molecule has 1 aromatic carbocycles. The molecule has 1 amide bonds. The van der Waals surface area contributed by atoms with Crippen molar-refractivity contribution in [3.8, 4) is 11.5 Å². The molecule has 1 saturated heterocycles. The van der Waals surface area contributed by atoms with Crippen LogP contribution < -0.4 is 9.47 Å². The third-order valence-electron chi connectivity index (χ3n) is 6.73. The zero-order valence-corrected chi connectivity index (χ0v) is 15.3. The molecular formula is C21H25NO5. The highest BCUT2D eigenvalue weighted by Crippen LogP contribution is 2.52. The first-order valence-electron chi connectivity index (χ1n) is 10.1. The van der Waals surface area contributed by atoms with Crippen LogP contribution in [0, 0.1) is 11.8 Å². The van der Waals surface area contributed by atoms with Crippen molar-refractivity contribution < 1.29 is 24.2 Å². The van der Waals surface area contributed by atoms with Crippen molar-refractivity contribution in [2.75, 3.05) is 13.2 Å². The third kappa shape index (κ3) is 2.86. The van der Waals surface area contributed by atoms with E-state index in [-0.39, 0.29) is 23.8 Å². The van der Waals surface area contributed by atoms with Gasteiger partial charge in [0.25, 0.3) is 0 Å². The fourth-order valence-electron chi connectivity index (χ4n) is 5.32. The maximum Gasteiger partial charge on any atom is 0.326 e. The molecule has 6 nitrogen and oxygen atoms in total. The number of nitrogens with zero attached hydrogens (tertiary/aromatic N) is 1. The van der Waals surface area contributed by atoms with Crippen LogP contribution in [0.2, 0.25) is 0 Å². The Bertz CT molecular complexity index is 778. The first-order valence-corrected chi connectivity index (χ1v) is 10.1. The lowest BCUT2D eigenvalue weighted by Gasteiger charge is -2.33. The third-order valence-corrected chi connectivity index (χ3v) is 6.73. The van der Waals surface area contributed by atoms with Gasteiger partial charge in [0.1, 0.15) is 19.3 Å². The Morgan fingerprint density at radius 2 is 1.81 bits per heavy atom. The van der Waals surface area contributed by atoms with Gasteiger partial charge in [-0.15, -0.1) is 0 Å². The predicted molar refractivity (Wildman–Crippen MR) is 96.9 cm³/mol. The number of hydrogen-bond acceptors (Lipinski definition) is 4. The maximum atomic E-state index is 13.3. The minimum atomic E-state index is -0.853. The number of fused-ring (bicyclic) bond motifs is 2. The van der Waals surface area contributed by atoms with E-state index < -0.39 is 12.0 Å². The summed E-state index contributed by atoms with van der Waals surface area (Å²) in [5.41, 5.74) is 1.09. The van der Waals surface area contributed by atoms with E-state index in [9.17, 15) is 14.7 Å². The molecule has 2 saturated carbocycles. The van der Waals surface area contributed by atoms with E-state index >= 15 is 0 Å². The molecule has 0 spiro atoms. The average Bonchev–Trinajstić information content (AvgIpc) is 3.39. The van der Waals surface area contributed by atoms with Crippen molar-refractivity contribution in [1.82, 2.24) is 4.90 Å². The number of benzene rings is 1. The maximum absolute atomic E-state index is 13.3. The van der Waals surface area contributed by atoms with Crippen LogP contribution in [0.15, 0.2) is 18.2 Å². The molecule has 2 aliphatic heterocycles. The van der Waals surface area contributed by atoms with Gasteiger partial charge in [0.2, 0.25) is 5.91 Å². The Kier molecular flexibility index (Phi) is 4.02. The Labute approximate surface area is 158 Å². The summed E-state index contributed by atoms with van der Waals surface area (Å²) in [4.78, 5) is 26.8. The molecule has 0 aromatic heterocycles. The van der Waals surface area contributed by atoms with Gasteiger partial charge >= 0.3 is 5.97 Å². The molecule has 2 aliphatic carbocycles. The van der Waals surface area contributed by atoms with Crippen LogP contribution in [0.3, 0.4) is 0 Å². The minimum Gasteiger partial charge on any atom is -0.486 e. The monoisotopic (exact) mass is 371 g/mol. The molecule has 4 aliphatic rings. The SMILES string of the molecule is O=C(O)C1CC2CCCCC2N1C(=O)C1CC1c1ccc2c(c1)OCCO2. The van der Waals surface area contributed by atoms with Gasteiger partial charge in [-0.25, -0.2) is 4.79 Å². The Morgan fingerprint density at radius 1 is 1.04 bits per heavy atom. The van der Waals surface area contributed by atoms with E-state index in [1.54, 1.807) is 4.90 Å². The molecule has 5 rings (SSSR count). The van der Waals surface area contributed by atoms with Crippen LogP contribution in [-0.2, 0) is 9.59 Å². The largest absolute Gasteiger partial charge is 0.486 e. The lowest BCUT2D eigenvalue weighted by Crippen LogP contribution is -2.47. The van der Waals surface area contributed by atoms with E-state index in [1.807, 2.05) is 18.2 Å². The number of rotatable bonds is 3. The van der Waals surface area contributed by atoms with Crippen LogP contribution in [0.25, 0.3) is 0 Å². The number of aliphatic carboxylic acids is 1. The molecular weight excluding hydrogens is 346 g/mol. The molecule has 5 unspecified atom stereocenters. The number of amides is 1. The molecule has 0 bridgehead atoms. The number of carboxylic acid groups (broad SMARTS) is 1. The summed E-state index contributed by atoms with van der Waals surface area (Å²) in [6.07, 6.45) is 5.65. The summed E-state index contributed by atoms with van der Waals surface area (Å²) < 4.78 is 11.2. The number of hydrogen-bond donors (Lipinski definition) is 1. The van der Waals surface area contributed by atoms with Gasteiger partial charge in [0.15, 0.2) is 11.5 Å². The highest BCUT2D eigenvalue weighted by molar-refractivity contribution is 5.88. The fraction of sp³-hybridized carbons (Fsp3) is 0.619. The van der Waals surface area contributed by atoms with Crippen molar-refractivity contribution in [3.05, 3.63) is 23.8 Å². The molecule has 1 N–H and O–H groups in total. The van der Waals surface area contributed by atoms with Crippen molar-refractivity contribution in [2.24, 2.45) is 11.8 Å².